The van der Waals surface area contributed by atoms with Crippen molar-refractivity contribution in [3.63, 3.8) is 0 Å². The molecule has 1 heterocycles. The van der Waals surface area contributed by atoms with Crippen molar-refractivity contribution in [2.45, 2.75) is 19.5 Å². The fourth-order valence-electron chi connectivity index (χ4n) is 2.44. The van der Waals surface area contributed by atoms with Gasteiger partial charge in [0.25, 0.3) is 0 Å². The molecule has 0 aliphatic rings. The number of nitriles is 1. The van der Waals surface area contributed by atoms with Crippen LogP contribution in [0.15, 0.2) is 54.7 Å². The summed E-state index contributed by atoms with van der Waals surface area (Å²) in [6, 6.07) is 18.6. The molecule has 0 aliphatic heterocycles. The van der Waals surface area contributed by atoms with E-state index in [9.17, 15) is 0 Å². The first kappa shape index (κ1) is 13.4. The van der Waals surface area contributed by atoms with Crippen LogP contribution < -0.4 is 5.32 Å². The van der Waals surface area contributed by atoms with Gasteiger partial charge in [-0.2, -0.15) is 5.26 Å². The Kier molecular flexibility index (Phi) is 3.72. The third-order valence-electron chi connectivity index (χ3n) is 3.77. The quantitative estimate of drug-likeness (QED) is 0.759. The molecule has 1 atom stereocenters. The molecule has 21 heavy (non-hydrogen) atoms. The van der Waals surface area contributed by atoms with Gasteiger partial charge in [0.15, 0.2) is 0 Å². The molecule has 3 nitrogen and oxygen atoms in total. The Labute approximate surface area is 124 Å². The fourth-order valence-corrected chi connectivity index (χ4v) is 2.44. The molecular formula is C18H17N3. The molecule has 1 unspecified atom stereocenters. The van der Waals surface area contributed by atoms with E-state index in [1.807, 2.05) is 30.5 Å². The highest BCUT2D eigenvalue weighted by Crippen LogP contribution is 2.17. The number of rotatable bonds is 4. The number of aromatic nitrogens is 1. The minimum atomic E-state index is 0.247. The molecule has 3 heteroatoms. The van der Waals surface area contributed by atoms with Gasteiger partial charge < -0.3 is 10.3 Å². The van der Waals surface area contributed by atoms with Crippen molar-refractivity contribution in [3.05, 3.63) is 71.4 Å². The van der Waals surface area contributed by atoms with Gasteiger partial charge in [0, 0.05) is 24.3 Å². The summed E-state index contributed by atoms with van der Waals surface area (Å²) in [5.41, 5.74) is 4.31. The molecule has 3 aromatic rings. The standard InChI is InChI=1S/C18H17N3/c1-13(16-5-2-14(11-19)3-6-16)21-12-15-4-7-17-8-9-20-18(17)10-15/h2-10,13,20-21H,12H2,1H3. The first-order valence-electron chi connectivity index (χ1n) is 7.06. The summed E-state index contributed by atoms with van der Waals surface area (Å²) in [6.45, 7) is 2.95. The molecule has 0 saturated heterocycles. The number of fused-ring (bicyclic) bond motifs is 1. The monoisotopic (exact) mass is 275 g/mol. The van der Waals surface area contributed by atoms with E-state index >= 15 is 0 Å². The molecular weight excluding hydrogens is 258 g/mol. The minimum Gasteiger partial charge on any atom is -0.361 e. The van der Waals surface area contributed by atoms with E-state index in [2.05, 4.69) is 47.6 Å². The number of aromatic amines is 1. The highest BCUT2D eigenvalue weighted by atomic mass is 14.9. The van der Waals surface area contributed by atoms with Crippen LogP contribution in [-0.4, -0.2) is 4.98 Å². The molecule has 0 amide bonds. The van der Waals surface area contributed by atoms with Gasteiger partial charge in [-0.1, -0.05) is 24.3 Å². The molecule has 0 aliphatic carbocycles. The highest BCUT2D eigenvalue weighted by molar-refractivity contribution is 5.79. The number of nitrogens with zero attached hydrogens (tertiary/aromatic N) is 1. The van der Waals surface area contributed by atoms with Crippen molar-refractivity contribution in [1.29, 1.82) is 5.26 Å². The van der Waals surface area contributed by atoms with Gasteiger partial charge in [0.1, 0.15) is 0 Å². The zero-order valence-corrected chi connectivity index (χ0v) is 11.9. The van der Waals surface area contributed by atoms with Crippen molar-refractivity contribution in [1.82, 2.24) is 10.3 Å². The second-order valence-corrected chi connectivity index (χ2v) is 5.24. The summed E-state index contributed by atoms with van der Waals surface area (Å²) in [6.07, 6.45) is 1.96. The topological polar surface area (TPSA) is 51.6 Å². The third kappa shape index (κ3) is 2.96. The van der Waals surface area contributed by atoms with Crippen molar-refractivity contribution in [2.75, 3.05) is 0 Å². The summed E-state index contributed by atoms with van der Waals surface area (Å²) in [5.74, 6) is 0. The molecule has 2 aromatic carbocycles. The zero-order chi connectivity index (χ0) is 14.7. The summed E-state index contributed by atoms with van der Waals surface area (Å²) in [4.78, 5) is 3.23. The van der Waals surface area contributed by atoms with Crippen LogP contribution in [0.5, 0.6) is 0 Å². The lowest BCUT2D eigenvalue weighted by Gasteiger charge is -2.14. The Bertz CT molecular complexity index is 778. The van der Waals surface area contributed by atoms with Gasteiger partial charge in [-0.3, -0.25) is 0 Å². The van der Waals surface area contributed by atoms with Crippen LogP contribution in [-0.2, 0) is 6.54 Å². The Morgan fingerprint density at radius 1 is 1.14 bits per heavy atom. The molecule has 2 N–H and O–H groups in total. The summed E-state index contributed by atoms with van der Waals surface area (Å²) >= 11 is 0. The average Bonchev–Trinajstić information content (AvgIpc) is 3.00. The van der Waals surface area contributed by atoms with Crippen LogP contribution in [0.4, 0.5) is 0 Å². The van der Waals surface area contributed by atoms with E-state index < -0.39 is 0 Å². The van der Waals surface area contributed by atoms with Gasteiger partial charge in [0.2, 0.25) is 0 Å². The number of hydrogen-bond donors (Lipinski definition) is 2. The van der Waals surface area contributed by atoms with Crippen LogP contribution in [0.2, 0.25) is 0 Å². The third-order valence-corrected chi connectivity index (χ3v) is 3.77. The molecule has 3 rings (SSSR count). The van der Waals surface area contributed by atoms with E-state index in [1.165, 1.54) is 22.0 Å². The summed E-state index contributed by atoms with van der Waals surface area (Å²) in [7, 11) is 0. The van der Waals surface area contributed by atoms with Crippen molar-refractivity contribution < 1.29 is 0 Å². The van der Waals surface area contributed by atoms with Gasteiger partial charge in [-0.05, 0) is 47.7 Å². The predicted molar refractivity (Wildman–Crippen MR) is 84.7 cm³/mol. The lowest BCUT2D eigenvalue weighted by atomic mass is 10.1. The SMILES string of the molecule is CC(NCc1ccc2cc[nH]c2c1)c1ccc(C#N)cc1. The van der Waals surface area contributed by atoms with Crippen LogP contribution in [0.25, 0.3) is 10.9 Å². The maximum Gasteiger partial charge on any atom is 0.0991 e. The minimum absolute atomic E-state index is 0.247. The van der Waals surface area contributed by atoms with E-state index in [4.69, 9.17) is 5.26 Å². The molecule has 104 valence electrons. The number of benzene rings is 2. The number of hydrogen-bond acceptors (Lipinski definition) is 2. The van der Waals surface area contributed by atoms with Crippen molar-refractivity contribution in [3.8, 4) is 6.07 Å². The van der Waals surface area contributed by atoms with Crippen LogP contribution >= 0.6 is 0 Å². The van der Waals surface area contributed by atoms with E-state index in [0.29, 0.717) is 5.56 Å². The fraction of sp³-hybridized carbons (Fsp3) is 0.167. The largest absolute Gasteiger partial charge is 0.361 e. The summed E-state index contributed by atoms with van der Waals surface area (Å²) in [5, 5.41) is 13.6. The Morgan fingerprint density at radius 2 is 1.95 bits per heavy atom. The number of H-pyrrole nitrogens is 1. The predicted octanol–water partition coefficient (Wildman–Crippen LogP) is 3.89. The maximum atomic E-state index is 8.82. The van der Waals surface area contributed by atoms with Gasteiger partial charge >= 0.3 is 0 Å². The lowest BCUT2D eigenvalue weighted by molar-refractivity contribution is 0.575. The van der Waals surface area contributed by atoms with Gasteiger partial charge in [0.05, 0.1) is 11.6 Å². The normalized spacial score (nSPS) is 12.2. The van der Waals surface area contributed by atoms with Crippen LogP contribution in [0, 0.1) is 11.3 Å². The average molecular weight is 275 g/mol. The first-order chi connectivity index (χ1) is 10.3. The molecule has 0 radical (unpaired) electrons. The lowest BCUT2D eigenvalue weighted by Crippen LogP contribution is -2.18. The zero-order valence-electron chi connectivity index (χ0n) is 11.9. The van der Waals surface area contributed by atoms with Crippen LogP contribution in [0.1, 0.15) is 29.7 Å². The first-order valence-corrected chi connectivity index (χ1v) is 7.06. The molecule has 0 saturated carbocycles. The molecule has 1 aromatic heterocycles. The molecule has 0 spiro atoms. The smallest absolute Gasteiger partial charge is 0.0991 e. The molecule has 0 fully saturated rings. The Morgan fingerprint density at radius 3 is 2.71 bits per heavy atom. The highest BCUT2D eigenvalue weighted by Gasteiger charge is 2.05. The second kappa shape index (κ2) is 5.82. The molecule has 0 bridgehead atoms. The van der Waals surface area contributed by atoms with E-state index in [0.717, 1.165) is 6.54 Å². The maximum absolute atomic E-state index is 8.82. The van der Waals surface area contributed by atoms with Gasteiger partial charge in [-0.15, -0.1) is 0 Å². The van der Waals surface area contributed by atoms with E-state index in [1.54, 1.807) is 0 Å². The van der Waals surface area contributed by atoms with Crippen molar-refractivity contribution in [2.24, 2.45) is 0 Å². The Balaban J connectivity index is 1.66. The summed E-state index contributed by atoms with van der Waals surface area (Å²) < 4.78 is 0. The van der Waals surface area contributed by atoms with E-state index in [-0.39, 0.29) is 6.04 Å². The van der Waals surface area contributed by atoms with Crippen molar-refractivity contribution >= 4 is 10.9 Å². The second-order valence-electron chi connectivity index (χ2n) is 5.24. The van der Waals surface area contributed by atoms with Gasteiger partial charge in [-0.25, -0.2) is 0 Å². The van der Waals surface area contributed by atoms with Crippen LogP contribution in [0.3, 0.4) is 0 Å². The number of nitrogens with one attached hydrogen (secondary N) is 2. The Hall–Kier alpha value is -2.57.